The van der Waals surface area contributed by atoms with Gasteiger partial charge in [0.15, 0.2) is 0 Å². The van der Waals surface area contributed by atoms with Crippen LogP contribution in [-0.4, -0.2) is 35.1 Å². The number of hydrogen-bond donors (Lipinski definition) is 2. The van der Waals surface area contributed by atoms with Crippen LogP contribution in [0.2, 0.25) is 5.02 Å². The van der Waals surface area contributed by atoms with Gasteiger partial charge < -0.3 is 10.2 Å². The molecule has 1 aliphatic heterocycles. The normalized spacial score (nSPS) is 14.9. The molecule has 0 saturated carbocycles. The molecule has 1 unspecified atom stereocenters. The first-order chi connectivity index (χ1) is 15.0. The van der Waals surface area contributed by atoms with E-state index in [0.717, 1.165) is 16.7 Å². The Morgan fingerprint density at radius 3 is 2.29 bits per heavy atom. The van der Waals surface area contributed by atoms with Crippen molar-refractivity contribution in [2.24, 2.45) is 0 Å². The minimum Gasteiger partial charge on any atom is -0.340 e. The Morgan fingerprint density at radius 1 is 1.00 bits per heavy atom. The molecule has 164 valence electrons. The molecule has 1 aliphatic rings. The molecule has 2 heterocycles. The number of benzene rings is 2. The first kappa shape index (κ1) is 24.2. The molecule has 3 aromatic rings. The van der Waals surface area contributed by atoms with Gasteiger partial charge in [-0.3, -0.25) is 14.7 Å². The highest BCUT2D eigenvalue weighted by Gasteiger charge is 2.31. The molecule has 0 radical (unpaired) electrons. The van der Waals surface area contributed by atoms with Crippen molar-refractivity contribution < 1.29 is 9.59 Å². The van der Waals surface area contributed by atoms with Crippen molar-refractivity contribution in [3.8, 4) is 11.1 Å². The van der Waals surface area contributed by atoms with Crippen molar-refractivity contribution in [1.29, 1.82) is 0 Å². The molecule has 2 aromatic carbocycles. The van der Waals surface area contributed by atoms with E-state index in [9.17, 15) is 9.59 Å². The average molecular weight is 441 g/mol. The molecule has 0 bridgehead atoms. The zero-order valence-electron chi connectivity index (χ0n) is 18.6. The number of hydrogen-bond acceptors (Lipinski definition) is 3. The molecular formula is C24H29ClN4O2. The van der Waals surface area contributed by atoms with E-state index in [1.54, 1.807) is 31.4 Å². The largest absolute Gasteiger partial charge is 0.340 e. The Kier molecular flexibility index (Phi) is 8.82. The van der Waals surface area contributed by atoms with E-state index in [2.05, 4.69) is 15.5 Å². The van der Waals surface area contributed by atoms with Crippen LogP contribution < -0.4 is 10.2 Å². The summed E-state index contributed by atoms with van der Waals surface area (Å²) in [6.07, 6.45) is 3.98. The van der Waals surface area contributed by atoms with Gasteiger partial charge in [-0.2, -0.15) is 5.10 Å². The lowest BCUT2D eigenvalue weighted by Crippen LogP contribution is -2.45. The maximum absolute atomic E-state index is 12.9. The molecule has 31 heavy (non-hydrogen) atoms. The van der Waals surface area contributed by atoms with Gasteiger partial charge in [-0.15, -0.1) is 0 Å². The lowest BCUT2D eigenvalue weighted by molar-refractivity contribution is -0.120. The number of nitrogens with one attached hydrogen (secondary N) is 2. The van der Waals surface area contributed by atoms with Crippen molar-refractivity contribution in [3.05, 3.63) is 71.0 Å². The van der Waals surface area contributed by atoms with E-state index >= 15 is 0 Å². The number of fused-ring (bicyclic) bond motifs is 1. The highest BCUT2D eigenvalue weighted by Crippen LogP contribution is 2.27. The van der Waals surface area contributed by atoms with Crippen LogP contribution in [0.15, 0.2) is 54.9 Å². The smallest absolute Gasteiger partial charge is 0.254 e. The van der Waals surface area contributed by atoms with Crippen LogP contribution in [0.1, 0.15) is 43.6 Å². The fraction of sp³-hybridized carbons (Fsp3) is 0.292. The summed E-state index contributed by atoms with van der Waals surface area (Å²) in [5.41, 5.74) is 3.93. The first-order valence-corrected chi connectivity index (χ1v) is 10.9. The van der Waals surface area contributed by atoms with Gasteiger partial charge in [0.2, 0.25) is 5.91 Å². The summed E-state index contributed by atoms with van der Waals surface area (Å²) in [6, 6.07) is 12.2. The second-order valence-corrected chi connectivity index (χ2v) is 6.91. The molecule has 1 atom stereocenters. The van der Waals surface area contributed by atoms with E-state index in [1.165, 1.54) is 4.90 Å². The van der Waals surface area contributed by atoms with Crippen molar-refractivity contribution in [3.63, 3.8) is 0 Å². The Labute approximate surface area is 188 Å². The number of amides is 2. The number of rotatable bonds is 3. The van der Waals surface area contributed by atoms with E-state index in [-0.39, 0.29) is 11.8 Å². The van der Waals surface area contributed by atoms with Gasteiger partial charge in [-0.25, -0.2) is 0 Å². The Morgan fingerprint density at radius 2 is 1.68 bits per heavy atom. The minimum absolute atomic E-state index is 0.164. The summed E-state index contributed by atoms with van der Waals surface area (Å²) in [4.78, 5) is 27.0. The predicted octanol–water partition coefficient (Wildman–Crippen LogP) is 5.10. The summed E-state index contributed by atoms with van der Waals surface area (Å²) in [5.74, 6) is -0.464. The van der Waals surface area contributed by atoms with Crippen LogP contribution >= 0.6 is 11.6 Å². The number of aromatic nitrogens is 2. The van der Waals surface area contributed by atoms with Gasteiger partial charge in [0.05, 0.1) is 17.4 Å². The Hall–Kier alpha value is -3.12. The zero-order chi connectivity index (χ0) is 23.0. The summed E-state index contributed by atoms with van der Waals surface area (Å²) >= 11 is 6.01. The maximum Gasteiger partial charge on any atom is 0.254 e. The third kappa shape index (κ3) is 5.52. The molecule has 2 amide bonds. The quantitative estimate of drug-likeness (QED) is 0.594. The third-order valence-corrected chi connectivity index (χ3v) is 4.96. The number of nitrogens with zero attached hydrogens (tertiary/aromatic N) is 2. The summed E-state index contributed by atoms with van der Waals surface area (Å²) < 4.78 is 0. The van der Waals surface area contributed by atoms with Gasteiger partial charge in [0.25, 0.3) is 5.91 Å². The van der Waals surface area contributed by atoms with Gasteiger partial charge in [-0.1, -0.05) is 63.6 Å². The van der Waals surface area contributed by atoms with E-state index in [1.807, 2.05) is 58.2 Å². The van der Waals surface area contributed by atoms with Crippen LogP contribution in [0.25, 0.3) is 11.1 Å². The molecule has 0 aliphatic carbocycles. The van der Waals surface area contributed by atoms with Crippen LogP contribution in [0.4, 0.5) is 5.69 Å². The molecule has 6 nitrogen and oxygen atoms in total. The van der Waals surface area contributed by atoms with Gasteiger partial charge in [-0.05, 0) is 29.3 Å². The van der Waals surface area contributed by atoms with E-state index < -0.39 is 6.04 Å². The van der Waals surface area contributed by atoms with Gasteiger partial charge in [0, 0.05) is 30.3 Å². The Balaban J connectivity index is 0.000000807. The SMILES string of the molecule is CC.CC.CN1C(=O)C(Cc2ccc(-c3cn[nH]c3)cc2)NC(=O)c2cc(Cl)ccc21. The molecule has 0 fully saturated rings. The number of anilines is 1. The number of aromatic amines is 1. The molecule has 7 heteroatoms. The second-order valence-electron chi connectivity index (χ2n) is 6.47. The van der Waals surface area contributed by atoms with Crippen LogP contribution in [0, 0.1) is 0 Å². The maximum atomic E-state index is 12.9. The Bertz CT molecular complexity index is 1000. The minimum atomic E-state index is -0.645. The zero-order valence-corrected chi connectivity index (χ0v) is 19.3. The van der Waals surface area contributed by atoms with Crippen molar-refractivity contribution >= 4 is 29.1 Å². The van der Waals surface area contributed by atoms with E-state index in [0.29, 0.717) is 22.7 Å². The second kappa shape index (κ2) is 11.3. The highest BCUT2D eigenvalue weighted by molar-refractivity contribution is 6.31. The van der Waals surface area contributed by atoms with Crippen LogP contribution in [-0.2, 0) is 11.2 Å². The topological polar surface area (TPSA) is 78.1 Å². The summed E-state index contributed by atoms with van der Waals surface area (Å²) in [6.45, 7) is 8.00. The van der Waals surface area contributed by atoms with Crippen LogP contribution in [0.3, 0.4) is 0 Å². The molecule has 2 N–H and O–H groups in total. The number of carbonyl (C=O) groups excluding carboxylic acids is 2. The van der Waals surface area contributed by atoms with Crippen LogP contribution in [0.5, 0.6) is 0 Å². The lowest BCUT2D eigenvalue weighted by Gasteiger charge is -2.21. The number of H-pyrrole nitrogens is 1. The van der Waals surface area contributed by atoms with Gasteiger partial charge in [0.1, 0.15) is 6.04 Å². The van der Waals surface area contributed by atoms with Crippen molar-refractivity contribution in [2.75, 3.05) is 11.9 Å². The summed E-state index contributed by atoms with van der Waals surface area (Å²) in [7, 11) is 1.67. The first-order valence-electron chi connectivity index (χ1n) is 10.5. The average Bonchev–Trinajstić information content (AvgIpc) is 3.33. The van der Waals surface area contributed by atoms with Gasteiger partial charge >= 0.3 is 0 Å². The molecule has 4 rings (SSSR count). The fourth-order valence-corrected chi connectivity index (χ4v) is 3.42. The van der Waals surface area contributed by atoms with Crippen molar-refractivity contribution in [1.82, 2.24) is 15.5 Å². The number of carbonyl (C=O) groups is 2. The molecule has 0 saturated heterocycles. The molecular weight excluding hydrogens is 412 g/mol. The summed E-state index contributed by atoms with van der Waals surface area (Å²) in [5, 5.41) is 10.0. The van der Waals surface area contributed by atoms with Crippen molar-refractivity contribution in [2.45, 2.75) is 40.2 Å². The predicted molar refractivity (Wildman–Crippen MR) is 127 cm³/mol. The third-order valence-electron chi connectivity index (χ3n) is 4.72. The monoisotopic (exact) mass is 440 g/mol. The molecule has 1 aromatic heterocycles. The number of likely N-dealkylation sites (N-methyl/N-ethyl adjacent to an activating group) is 1. The highest BCUT2D eigenvalue weighted by atomic mass is 35.5. The lowest BCUT2D eigenvalue weighted by atomic mass is 10.0. The standard InChI is InChI=1S/C20H17ClN4O2.2C2H6/c1-25-18-7-6-15(21)9-16(18)19(26)24-17(20(25)27)8-12-2-4-13(5-3-12)14-10-22-23-11-14;2*1-2/h2-7,9-11,17H,8H2,1H3,(H,22,23)(H,24,26);2*1-2H3. The fourth-order valence-electron chi connectivity index (χ4n) is 3.25. The van der Waals surface area contributed by atoms with E-state index in [4.69, 9.17) is 11.6 Å². The molecule has 0 spiro atoms. The number of halogens is 1.